The summed E-state index contributed by atoms with van der Waals surface area (Å²) in [5.74, 6) is -0.700. The second-order valence-corrected chi connectivity index (χ2v) is 9.62. The smallest absolute Gasteiger partial charge is 0.412 e. The second kappa shape index (κ2) is 16.5. The Morgan fingerprint density at radius 1 is 0.690 bits per heavy atom. The molecule has 0 aliphatic carbocycles. The summed E-state index contributed by atoms with van der Waals surface area (Å²) in [6.07, 6.45) is -0.521. The lowest BCUT2D eigenvalue weighted by atomic mass is 10.2. The Balaban J connectivity index is 0.000000240. The topological polar surface area (TPSA) is 140 Å². The van der Waals surface area contributed by atoms with Gasteiger partial charge in [0.15, 0.2) is 0 Å². The minimum Gasteiger partial charge on any atom is -0.457 e. The molecule has 0 saturated carbocycles. The molecule has 0 bridgehead atoms. The summed E-state index contributed by atoms with van der Waals surface area (Å²) in [6, 6.07) is 28.5. The van der Waals surface area contributed by atoms with E-state index in [1.54, 1.807) is 36.4 Å². The standard InChI is InChI=1S/C15H11ClN2O5S.C14H12ClNO2/c16-11-6-7-12(13(8-11)17-15(20)18-24(21)22)14(19)23-9-10-4-2-1-3-5-10;15-12-8-4-5-9-13(12)16-14(17)18-10-11-6-2-1-3-7-11/h1-8H,9H2,(H,17,20);1-9H,10H2,(H,16,17). The first-order valence-electron chi connectivity index (χ1n) is 12.1. The number of nitrogens with one attached hydrogen (secondary N) is 2. The summed E-state index contributed by atoms with van der Waals surface area (Å²) in [6.45, 7) is 0.280. The zero-order chi connectivity index (χ0) is 30.3. The van der Waals surface area contributed by atoms with Gasteiger partial charge in [-0.1, -0.05) is 100 Å². The lowest BCUT2D eigenvalue weighted by Crippen LogP contribution is -2.13. The van der Waals surface area contributed by atoms with Gasteiger partial charge in [-0.15, -0.1) is 0 Å². The van der Waals surface area contributed by atoms with Crippen molar-refractivity contribution < 1.29 is 32.3 Å². The first kappa shape index (κ1) is 31.8. The maximum atomic E-state index is 12.2. The Labute approximate surface area is 252 Å². The van der Waals surface area contributed by atoms with Crippen LogP contribution in [0.15, 0.2) is 107 Å². The molecule has 0 aliphatic rings. The molecule has 0 atom stereocenters. The number of carbonyl (C=O) groups is 3. The molecular weight excluding hydrogens is 605 g/mol. The molecule has 4 aromatic carbocycles. The molecule has 0 spiro atoms. The highest BCUT2D eigenvalue weighted by Crippen LogP contribution is 2.23. The van der Waals surface area contributed by atoms with Crippen LogP contribution in [-0.2, 0) is 33.2 Å². The van der Waals surface area contributed by atoms with E-state index in [-0.39, 0.29) is 29.5 Å². The molecule has 0 radical (unpaired) electrons. The molecule has 0 fully saturated rings. The van der Waals surface area contributed by atoms with E-state index in [0.717, 1.165) is 11.1 Å². The molecule has 13 heteroatoms. The van der Waals surface area contributed by atoms with E-state index in [4.69, 9.17) is 32.7 Å². The van der Waals surface area contributed by atoms with Crippen molar-refractivity contribution in [3.8, 4) is 0 Å². The third-order valence-electron chi connectivity index (χ3n) is 5.14. The van der Waals surface area contributed by atoms with Crippen molar-refractivity contribution in [2.24, 2.45) is 4.36 Å². The van der Waals surface area contributed by atoms with Crippen LogP contribution in [0.25, 0.3) is 0 Å². The monoisotopic (exact) mass is 627 g/mol. The average molecular weight is 628 g/mol. The number of esters is 1. The van der Waals surface area contributed by atoms with Gasteiger partial charge >= 0.3 is 28.6 Å². The summed E-state index contributed by atoms with van der Waals surface area (Å²) < 4.78 is 33.8. The highest BCUT2D eigenvalue weighted by molar-refractivity contribution is 7.62. The van der Waals surface area contributed by atoms with Crippen molar-refractivity contribution in [1.82, 2.24) is 0 Å². The van der Waals surface area contributed by atoms with Gasteiger partial charge in [0.1, 0.15) is 13.2 Å². The highest BCUT2D eigenvalue weighted by atomic mass is 35.5. The number of carbonyl (C=O) groups excluding carboxylic acids is 3. The number of anilines is 2. The maximum absolute atomic E-state index is 12.2. The molecule has 3 amide bonds. The number of hydrogen-bond donors (Lipinski definition) is 2. The van der Waals surface area contributed by atoms with E-state index >= 15 is 0 Å². The van der Waals surface area contributed by atoms with E-state index in [0.29, 0.717) is 10.7 Å². The largest absolute Gasteiger partial charge is 0.457 e. The first-order chi connectivity index (χ1) is 20.2. The fraction of sp³-hybridized carbons (Fsp3) is 0.0690. The van der Waals surface area contributed by atoms with Crippen LogP contribution in [0, 0.1) is 0 Å². The summed E-state index contributed by atoms with van der Waals surface area (Å²) in [5.41, 5.74) is 2.29. The third kappa shape index (κ3) is 11.0. The van der Waals surface area contributed by atoms with E-state index in [1.807, 2.05) is 48.5 Å². The Hall–Kier alpha value is -4.71. The molecule has 0 saturated heterocycles. The summed E-state index contributed by atoms with van der Waals surface area (Å²) in [7, 11) is -2.91. The molecule has 0 unspecified atom stereocenters. The number of amides is 3. The van der Waals surface area contributed by atoms with E-state index in [9.17, 15) is 22.8 Å². The molecule has 0 aromatic heterocycles. The van der Waals surface area contributed by atoms with Gasteiger partial charge < -0.3 is 14.8 Å². The fourth-order valence-corrected chi connectivity index (χ4v) is 3.77. The van der Waals surface area contributed by atoms with Gasteiger partial charge in [0, 0.05) is 5.02 Å². The summed E-state index contributed by atoms with van der Waals surface area (Å²) >= 11 is 11.7. The summed E-state index contributed by atoms with van der Waals surface area (Å²) in [4.78, 5) is 35.2. The average Bonchev–Trinajstić information content (AvgIpc) is 2.97. The van der Waals surface area contributed by atoms with Gasteiger partial charge in [0.2, 0.25) is 0 Å². The molecule has 2 N–H and O–H groups in total. The highest BCUT2D eigenvalue weighted by Gasteiger charge is 2.16. The van der Waals surface area contributed by atoms with Crippen LogP contribution in [0.1, 0.15) is 21.5 Å². The molecule has 10 nitrogen and oxygen atoms in total. The van der Waals surface area contributed by atoms with Crippen LogP contribution in [0.2, 0.25) is 10.0 Å². The zero-order valence-electron chi connectivity index (χ0n) is 21.7. The predicted molar refractivity (Wildman–Crippen MR) is 159 cm³/mol. The van der Waals surface area contributed by atoms with Crippen LogP contribution in [0.3, 0.4) is 0 Å². The van der Waals surface area contributed by atoms with Gasteiger partial charge in [-0.2, -0.15) is 8.42 Å². The quantitative estimate of drug-likeness (QED) is 0.204. The van der Waals surface area contributed by atoms with Crippen molar-refractivity contribution in [2.45, 2.75) is 13.2 Å². The molecule has 216 valence electrons. The number of benzene rings is 4. The van der Waals surface area contributed by atoms with E-state index in [1.165, 1.54) is 18.2 Å². The Morgan fingerprint density at radius 2 is 1.26 bits per heavy atom. The van der Waals surface area contributed by atoms with Gasteiger partial charge in [0.25, 0.3) is 0 Å². The molecule has 0 heterocycles. The molecule has 4 rings (SSSR count). The Bertz CT molecular complexity index is 1660. The number of halogens is 2. The Kier molecular flexibility index (Phi) is 12.5. The van der Waals surface area contributed by atoms with E-state index < -0.39 is 28.6 Å². The van der Waals surface area contributed by atoms with Crippen LogP contribution < -0.4 is 10.6 Å². The first-order valence-corrected chi connectivity index (χ1v) is 13.8. The van der Waals surface area contributed by atoms with Crippen molar-refractivity contribution in [2.75, 3.05) is 10.6 Å². The molecular formula is C29H23Cl2N3O7S. The van der Waals surface area contributed by atoms with E-state index in [2.05, 4.69) is 15.0 Å². The zero-order valence-corrected chi connectivity index (χ0v) is 24.0. The number of hydrogen-bond acceptors (Lipinski definition) is 7. The number of urea groups is 1. The van der Waals surface area contributed by atoms with Crippen LogP contribution in [0.4, 0.5) is 21.0 Å². The normalized spacial score (nSPS) is 9.86. The van der Waals surface area contributed by atoms with Gasteiger partial charge in [0.05, 0.1) is 22.0 Å². The number of para-hydroxylation sites is 1. The van der Waals surface area contributed by atoms with Gasteiger partial charge in [-0.3, -0.25) is 5.32 Å². The number of ether oxygens (including phenoxy) is 2. The summed E-state index contributed by atoms with van der Waals surface area (Å²) in [5, 5.41) is 5.49. The van der Waals surface area contributed by atoms with Crippen LogP contribution in [0.5, 0.6) is 0 Å². The van der Waals surface area contributed by atoms with Crippen molar-refractivity contribution in [1.29, 1.82) is 0 Å². The number of nitrogens with zero attached hydrogens (tertiary/aromatic N) is 1. The van der Waals surface area contributed by atoms with Crippen molar-refractivity contribution in [3.63, 3.8) is 0 Å². The molecule has 42 heavy (non-hydrogen) atoms. The van der Waals surface area contributed by atoms with Crippen LogP contribution in [-0.4, -0.2) is 26.5 Å². The lowest BCUT2D eigenvalue weighted by Gasteiger charge is -2.10. The molecule has 4 aromatic rings. The maximum Gasteiger partial charge on any atom is 0.412 e. The van der Waals surface area contributed by atoms with Crippen LogP contribution >= 0.6 is 23.2 Å². The predicted octanol–water partition coefficient (Wildman–Crippen LogP) is 7.38. The second-order valence-electron chi connectivity index (χ2n) is 8.16. The van der Waals surface area contributed by atoms with Crippen molar-refractivity contribution >= 4 is 63.2 Å². The third-order valence-corrected chi connectivity index (χ3v) is 6.02. The van der Waals surface area contributed by atoms with Crippen molar-refractivity contribution in [3.05, 3.63) is 130 Å². The fourth-order valence-electron chi connectivity index (χ4n) is 3.24. The minimum absolute atomic E-state index is 0.000221. The SMILES string of the molecule is O=C(N=S(=O)=O)Nc1cc(Cl)ccc1C(=O)OCc1ccccc1.O=C(Nc1ccccc1Cl)OCc1ccccc1. The van der Waals surface area contributed by atoms with Gasteiger partial charge in [-0.05, 0) is 41.5 Å². The minimum atomic E-state index is -2.91. The lowest BCUT2D eigenvalue weighted by molar-refractivity contribution is 0.0474. The molecule has 0 aliphatic heterocycles. The number of rotatable bonds is 7. The Morgan fingerprint density at radius 3 is 1.86 bits per heavy atom. The van der Waals surface area contributed by atoms with Gasteiger partial charge in [-0.25, -0.2) is 14.4 Å².